The molecule has 0 aliphatic heterocycles. The van der Waals surface area contributed by atoms with Gasteiger partial charge in [-0.25, -0.2) is 4.39 Å². The van der Waals surface area contributed by atoms with Crippen molar-refractivity contribution in [3.63, 3.8) is 0 Å². The van der Waals surface area contributed by atoms with E-state index in [2.05, 4.69) is 13.8 Å². The van der Waals surface area contributed by atoms with Crippen LogP contribution in [0.25, 0.3) is 0 Å². The molecular weight excluding hydrogens is 193 g/mol. The zero-order valence-corrected chi connectivity index (χ0v) is 9.29. The summed E-state index contributed by atoms with van der Waals surface area (Å²) in [6.07, 6.45) is 1.02. The predicted octanol–water partition coefficient (Wildman–Crippen LogP) is 2.97. The summed E-state index contributed by atoms with van der Waals surface area (Å²) in [6, 6.07) is 4.49. The lowest BCUT2D eigenvalue weighted by Crippen LogP contribution is -2.00. The Morgan fingerprint density at radius 3 is 2.67 bits per heavy atom. The largest absolute Gasteiger partial charge is 0.399 e. The van der Waals surface area contributed by atoms with Gasteiger partial charge in [-0.2, -0.15) is 0 Å². The lowest BCUT2D eigenvalue weighted by molar-refractivity contribution is 0.110. The summed E-state index contributed by atoms with van der Waals surface area (Å²) in [5, 5.41) is 0. The SMILES string of the molecule is CC(C)CCOCc1cc(N)cc(F)c1. The predicted molar refractivity (Wildman–Crippen MR) is 59.9 cm³/mol. The molecule has 0 aromatic heterocycles. The molecule has 0 fully saturated rings. The smallest absolute Gasteiger partial charge is 0.125 e. The number of ether oxygens (including phenoxy) is 1. The maximum Gasteiger partial charge on any atom is 0.125 e. The molecule has 1 aromatic carbocycles. The Kier molecular flexibility index (Phi) is 4.56. The average molecular weight is 211 g/mol. The van der Waals surface area contributed by atoms with E-state index in [1.807, 2.05) is 0 Å². The molecule has 0 saturated heterocycles. The third-order valence-corrected chi connectivity index (χ3v) is 2.09. The topological polar surface area (TPSA) is 35.2 Å². The van der Waals surface area contributed by atoms with Crippen molar-refractivity contribution in [2.24, 2.45) is 5.92 Å². The van der Waals surface area contributed by atoms with Crippen LogP contribution in [0.1, 0.15) is 25.8 Å². The minimum atomic E-state index is -0.308. The van der Waals surface area contributed by atoms with E-state index in [1.165, 1.54) is 12.1 Å². The molecule has 1 rings (SSSR count). The number of nitrogen functional groups attached to an aromatic ring is 1. The van der Waals surface area contributed by atoms with Gasteiger partial charge >= 0.3 is 0 Å². The molecule has 0 atom stereocenters. The summed E-state index contributed by atoms with van der Waals surface area (Å²) >= 11 is 0. The van der Waals surface area contributed by atoms with Crippen LogP contribution in [0.4, 0.5) is 10.1 Å². The maximum absolute atomic E-state index is 12.9. The Morgan fingerprint density at radius 1 is 1.33 bits per heavy atom. The van der Waals surface area contributed by atoms with Crippen molar-refractivity contribution >= 4 is 5.69 Å². The molecule has 0 spiro atoms. The van der Waals surface area contributed by atoms with Crippen LogP contribution in [0.5, 0.6) is 0 Å². The van der Waals surface area contributed by atoms with Gasteiger partial charge in [0.15, 0.2) is 0 Å². The highest BCUT2D eigenvalue weighted by Gasteiger charge is 1.99. The Balaban J connectivity index is 2.37. The van der Waals surface area contributed by atoms with Crippen molar-refractivity contribution in [3.8, 4) is 0 Å². The van der Waals surface area contributed by atoms with Crippen molar-refractivity contribution < 1.29 is 9.13 Å². The number of halogens is 1. The maximum atomic E-state index is 12.9. The molecule has 0 radical (unpaired) electrons. The van der Waals surface area contributed by atoms with Gasteiger partial charge in [-0.1, -0.05) is 13.8 Å². The second kappa shape index (κ2) is 5.71. The van der Waals surface area contributed by atoms with Crippen molar-refractivity contribution in [2.45, 2.75) is 26.9 Å². The van der Waals surface area contributed by atoms with Gasteiger partial charge in [0.1, 0.15) is 5.82 Å². The van der Waals surface area contributed by atoms with Crippen LogP contribution in [0.15, 0.2) is 18.2 Å². The van der Waals surface area contributed by atoms with Crippen molar-refractivity contribution in [3.05, 3.63) is 29.6 Å². The summed E-state index contributed by atoms with van der Waals surface area (Å²) in [5.74, 6) is 0.319. The van der Waals surface area contributed by atoms with Crippen molar-refractivity contribution in [1.82, 2.24) is 0 Å². The second-order valence-electron chi connectivity index (χ2n) is 4.13. The Morgan fingerprint density at radius 2 is 2.07 bits per heavy atom. The van der Waals surface area contributed by atoms with Crippen molar-refractivity contribution in [1.29, 1.82) is 0 Å². The molecule has 0 aliphatic rings. The van der Waals surface area contributed by atoms with E-state index >= 15 is 0 Å². The lowest BCUT2D eigenvalue weighted by atomic mass is 10.1. The molecule has 0 heterocycles. The van der Waals surface area contributed by atoms with E-state index in [0.29, 0.717) is 24.8 Å². The van der Waals surface area contributed by atoms with Gasteiger partial charge in [-0.15, -0.1) is 0 Å². The Bertz CT molecular complexity index is 292. The van der Waals surface area contributed by atoms with Gasteiger partial charge in [-0.3, -0.25) is 0 Å². The molecule has 15 heavy (non-hydrogen) atoms. The lowest BCUT2D eigenvalue weighted by Gasteiger charge is -2.07. The third-order valence-electron chi connectivity index (χ3n) is 2.09. The van der Waals surface area contributed by atoms with Crippen LogP contribution >= 0.6 is 0 Å². The van der Waals surface area contributed by atoms with Crippen LogP contribution < -0.4 is 5.73 Å². The van der Waals surface area contributed by atoms with Crippen LogP contribution in [0.2, 0.25) is 0 Å². The minimum Gasteiger partial charge on any atom is -0.399 e. The van der Waals surface area contributed by atoms with E-state index in [9.17, 15) is 4.39 Å². The summed E-state index contributed by atoms with van der Waals surface area (Å²) in [7, 11) is 0. The standard InChI is InChI=1S/C12H18FNO/c1-9(2)3-4-15-8-10-5-11(13)7-12(14)6-10/h5-7,9H,3-4,8,14H2,1-2H3. The molecule has 0 aliphatic carbocycles. The van der Waals surface area contributed by atoms with Gasteiger partial charge in [0, 0.05) is 12.3 Å². The van der Waals surface area contributed by atoms with E-state index in [1.54, 1.807) is 6.07 Å². The third kappa shape index (κ3) is 4.79. The van der Waals surface area contributed by atoms with Crippen LogP contribution in [0, 0.1) is 11.7 Å². The van der Waals surface area contributed by atoms with Gasteiger partial charge in [0.2, 0.25) is 0 Å². The van der Waals surface area contributed by atoms with E-state index in [4.69, 9.17) is 10.5 Å². The Hall–Kier alpha value is -1.09. The molecule has 84 valence electrons. The van der Waals surface area contributed by atoms with E-state index in [0.717, 1.165) is 12.0 Å². The minimum absolute atomic E-state index is 0.308. The molecule has 0 bridgehead atoms. The monoisotopic (exact) mass is 211 g/mol. The van der Waals surface area contributed by atoms with Gasteiger partial charge in [0.05, 0.1) is 6.61 Å². The van der Waals surface area contributed by atoms with E-state index in [-0.39, 0.29) is 5.82 Å². The first-order valence-electron chi connectivity index (χ1n) is 5.20. The summed E-state index contributed by atoms with van der Waals surface area (Å²) in [4.78, 5) is 0. The Labute approximate surface area is 90.2 Å². The van der Waals surface area contributed by atoms with Gasteiger partial charge in [-0.05, 0) is 36.1 Å². The highest BCUT2D eigenvalue weighted by molar-refractivity contribution is 5.41. The number of nitrogens with two attached hydrogens (primary N) is 1. The zero-order chi connectivity index (χ0) is 11.3. The first kappa shape index (κ1) is 12.0. The second-order valence-corrected chi connectivity index (χ2v) is 4.13. The number of hydrogen-bond acceptors (Lipinski definition) is 2. The van der Waals surface area contributed by atoms with Gasteiger partial charge < -0.3 is 10.5 Å². The number of rotatable bonds is 5. The molecule has 2 nitrogen and oxygen atoms in total. The first-order valence-corrected chi connectivity index (χ1v) is 5.20. The molecular formula is C12H18FNO. The fourth-order valence-electron chi connectivity index (χ4n) is 1.27. The zero-order valence-electron chi connectivity index (χ0n) is 9.29. The highest BCUT2D eigenvalue weighted by atomic mass is 19.1. The first-order chi connectivity index (χ1) is 7.08. The molecule has 0 saturated carbocycles. The normalized spacial score (nSPS) is 10.9. The van der Waals surface area contributed by atoms with Crippen LogP contribution in [-0.4, -0.2) is 6.61 Å². The van der Waals surface area contributed by atoms with Crippen LogP contribution in [0.3, 0.4) is 0 Å². The van der Waals surface area contributed by atoms with Gasteiger partial charge in [0.25, 0.3) is 0 Å². The number of anilines is 1. The fraction of sp³-hybridized carbons (Fsp3) is 0.500. The van der Waals surface area contributed by atoms with E-state index < -0.39 is 0 Å². The molecule has 3 heteroatoms. The molecule has 1 aromatic rings. The summed E-state index contributed by atoms with van der Waals surface area (Å²) < 4.78 is 18.3. The molecule has 2 N–H and O–H groups in total. The van der Waals surface area contributed by atoms with Crippen LogP contribution in [-0.2, 0) is 11.3 Å². The number of benzene rings is 1. The number of hydrogen-bond donors (Lipinski definition) is 1. The fourth-order valence-corrected chi connectivity index (χ4v) is 1.27. The quantitative estimate of drug-likeness (QED) is 0.600. The summed E-state index contributed by atoms with van der Waals surface area (Å²) in [5.41, 5.74) is 6.75. The highest BCUT2D eigenvalue weighted by Crippen LogP contribution is 2.12. The molecule has 0 amide bonds. The van der Waals surface area contributed by atoms with Crippen molar-refractivity contribution in [2.75, 3.05) is 12.3 Å². The summed E-state index contributed by atoms with van der Waals surface area (Å²) in [6.45, 7) is 5.41. The molecule has 0 unspecified atom stereocenters. The average Bonchev–Trinajstić information content (AvgIpc) is 2.10.